The van der Waals surface area contributed by atoms with Crippen LogP contribution in [0.1, 0.15) is 95.6 Å². The minimum atomic E-state index is -5.61. The molecule has 14 rings (SSSR count). The fraction of sp³-hybridized carbons (Fsp3) is 0.379. The Balaban J connectivity index is 0.000000135. The highest BCUT2D eigenvalue weighted by Crippen LogP contribution is 2.62. The van der Waals surface area contributed by atoms with Crippen molar-refractivity contribution >= 4 is 45.9 Å². The first-order valence-corrected chi connectivity index (χ1v) is 26.5. The zero-order valence-corrected chi connectivity index (χ0v) is 40.6. The van der Waals surface area contributed by atoms with Gasteiger partial charge in [-0.1, -0.05) is 140 Å². The molecule has 70 heavy (non-hydrogen) atoms. The van der Waals surface area contributed by atoms with Crippen molar-refractivity contribution in [2.24, 2.45) is 35.5 Å². The first-order valence-electron chi connectivity index (χ1n) is 24.3. The van der Waals surface area contributed by atoms with E-state index in [-0.39, 0.29) is 18.6 Å². The molecule has 8 aliphatic rings. The smallest absolute Gasteiger partial charge is 0.423 e. The molecule has 8 bridgehead atoms. The van der Waals surface area contributed by atoms with Crippen LogP contribution in [0.15, 0.2) is 146 Å². The second kappa shape index (κ2) is 20.1. The lowest BCUT2D eigenvalue weighted by Gasteiger charge is -2.57. The van der Waals surface area contributed by atoms with Crippen molar-refractivity contribution in [2.45, 2.75) is 101 Å². The van der Waals surface area contributed by atoms with E-state index in [9.17, 15) is 21.6 Å². The normalized spacial score (nSPS) is 26.8. The fourth-order valence-electron chi connectivity index (χ4n) is 14.0. The molecule has 8 fully saturated rings. The molecule has 6 aromatic carbocycles. The molecule has 12 heteroatoms. The summed E-state index contributed by atoms with van der Waals surface area (Å²) in [6, 6.07) is 47.3. The van der Waals surface area contributed by atoms with E-state index in [1.54, 1.807) is 29.8 Å². The third kappa shape index (κ3) is 10.8. The molecule has 0 spiro atoms. The lowest BCUT2D eigenvalue weighted by molar-refractivity contribution is -0.0500. The first kappa shape index (κ1) is 50.4. The lowest BCUT2D eigenvalue weighted by Crippen LogP contribution is -2.48. The molecule has 0 amide bonds. The molecule has 0 aromatic heterocycles. The van der Waals surface area contributed by atoms with E-state index in [0.717, 1.165) is 76.5 Å². The summed E-state index contributed by atoms with van der Waals surface area (Å²) in [6.45, 7) is 0. The Labute approximate surface area is 421 Å². The predicted octanol–water partition coefficient (Wildman–Crippen LogP) is 14.8. The van der Waals surface area contributed by atoms with Gasteiger partial charge in [-0.15, -0.1) is 0 Å². The number of rotatable bonds is 8. The van der Waals surface area contributed by atoms with Crippen LogP contribution < -0.4 is 9.65 Å². The van der Waals surface area contributed by atoms with E-state index in [1.165, 1.54) is 92.2 Å². The Hall–Kier alpha value is -4.58. The van der Waals surface area contributed by atoms with Gasteiger partial charge in [0.25, 0.3) is 0 Å². The van der Waals surface area contributed by atoms with Crippen LogP contribution in [0.3, 0.4) is 0 Å². The van der Waals surface area contributed by atoms with Gasteiger partial charge in [0.05, 0.1) is 0 Å². The molecule has 0 radical (unpaired) electrons. The van der Waals surface area contributed by atoms with E-state index >= 15 is 0 Å². The Morgan fingerprint density at radius 1 is 0.457 bits per heavy atom. The Kier molecular flexibility index (Phi) is 14.5. The van der Waals surface area contributed by atoms with Gasteiger partial charge in [0.1, 0.15) is 5.75 Å². The van der Waals surface area contributed by atoms with Gasteiger partial charge in [0, 0.05) is 10.0 Å². The van der Waals surface area contributed by atoms with Gasteiger partial charge in [0.15, 0.2) is 0 Å². The van der Waals surface area contributed by atoms with Crippen LogP contribution in [-0.4, -0.2) is 31.1 Å². The van der Waals surface area contributed by atoms with Crippen LogP contribution in [0, 0.1) is 35.5 Å². The molecule has 366 valence electrons. The van der Waals surface area contributed by atoms with E-state index in [0.29, 0.717) is 15.9 Å². The maximum absolute atomic E-state index is 12.4. The van der Waals surface area contributed by atoms with E-state index < -0.39 is 22.7 Å². The van der Waals surface area contributed by atoms with Crippen molar-refractivity contribution in [2.75, 3.05) is 0 Å². The molecule has 2 N–H and O–H groups in total. The highest BCUT2D eigenvalue weighted by Gasteiger charge is 2.53. The molecule has 5 nitrogen and oxygen atoms in total. The number of alkyl halides is 3. The summed E-state index contributed by atoms with van der Waals surface area (Å²) in [6.07, 6.45) is 16.2. The Morgan fingerprint density at radius 2 is 0.714 bits per heavy atom. The third-order valence-electron chi connectivity index (χ3n) is 16.3. The summed E-state index contributed by atoms with van der Waals surface area (Å²) in [5, 5.41) is 19.4. The molecule has 0 unspecified atom stereocenters. The van der Waals surface area contributed by atoms with Gasteiger partial charge in [-0.05, 0) is 210 Å². The topological polar surface area (TPSA) is 83.8 Å². The predicted molar refractivity (Wildman–Crippen MR) is 278 cm³/mol. The number of halogens is 5. The molecule has 8 aliphatic carbocycles. The minimum absolute atomic E-state index is 0. The highest BCUT2D eigenvalue weighted by molar-refractivity contribution is 7.88. The van der Waals surface area contributed by atoms with Crippen molar-refractivity contribution in [3.05, 3.63) is 167 Å². The molecule has 8 saturated carbocycles. The number of hydrogen-bond donors (Lipinski definition) is 2. The molecule has 0 saturated heterocycles. The van der Waals surface area contributed by atoms with Crippen LogP contribution in [0.5, 0.6) is 5.75 Å². The van der Waals surface area contributed by atoms with Gasteiger partial charge in [-0.25, -0.2) is 0 Å². The van der Waals surface area contributed by atoms with Crippen molar-refractivity contribution in [3.8, 4) is 39.1 Å². The second-order valence-corrected chi connectivity index (χ2v) is 23.5. The van der Waals surface area contributed by atoms with Crippen molar-refractivity contribution in [3.63, 3.8) is 0 Å². The summed E-state index contributed by atoms with van der Waals surface area (Å²) < 4.78 is 63.5. The average molecular weight is 1010 g/mol. The molecule has 6 aromatic rings. The van der Waals surface area contributed by atoms with Crippen molar-refractivity contribution in [1.29, 1.82) is 0 Å². The van der Waals surface area contributed by atoms with E-state index in [4.69, 9.17) is 33.2 Å². The van der Waals surface area contributed by atoms with Gasteiger partial charge in [0.2, 0.25) is 0 Å². The summed E-state index contributed by atoms with van der Waals surface area (Å²) in [7, 11) is -7.03. The fourth-order valence-corrected chi connectivity index (χ4v) is 14.7. The average Bonchev–Trinajstić information content (AvgIpc) is 3.32. The second-order valence-electron chi connectivity index (χ2n) is 21.1. The van der Waals surface area contributed by atoms with Crippen LogP contribution in [-0.2, 0) is 20.9 Å². The largest absolute Gasteiger partial charge is 0.534 e. The van der Waals surface area contributed by atoms with Gasteiger partial charge in [-0.3, -0.25) is 0 Å². The van der Waals surface area contributed by atoms with Crippen LogP contribution in [0.25, 0.3) is 33.4 Å². The minimum Gasteiger partial charge on any atom is -0.423 e. The van der Waals surface area contributed by atoms with Crippen molar-refractivity contribution < 1.29 is 35.8 Å². The Bertz CT molecular complexity index is 2770. The quantitative estimate of drug-likeness (QED) is 0.0902. The SMILES string of the molecule is C.Clc1ccc(-c2ccc(-c3ccc(C45CC6CC(CC(C6)C4)C5)cc3)cc2)cc1.O=S(=O)(Oc1ccc(C23CC4CC(CC(C4)C2)C3)cc1)C(F)(F)F.OB(O)c1ccc(-c2ccc(Cl)cc2)cc1. The molecular formula is C58H60BCl2F3O5S. The Morgan fingerprint density at radius 3 is 1.00 bits per heavy atom. The maximum atomic E-state index is 12.4. The summed E-state index contributed by atoms with van der Waals surface area (Å²) in [4.78, 5) is 0. The van der Waals surface area contributed by atoms with Gasteiger partial charge < -0.3 is 14.2 Å². The van der Waals surface area contributed by atoms with E-state index in [2.05, 4.69) is 64.8 Å². The third-order valence-corrected chi connectivity index (χ3v) is 17.8. The molecule has 0 heterocycles. The van der Waals surface area contributed by atoms with Crippen LogP contribution in [0.2, 0.25) is 10.0 Å². The lowest BCUT2D eigenvalue weighted by atomic mass is 9.48. The standard InChI is InChI=1S/C28H27Cl.C17H19F3O3S.C12H10BClO2.CH4/c29-27-11-7-25(8-12-27)23-3-1-22(2-4-23)24-5-9-26(10-6-24)28-16-19-13-20(17-28)15-21(14-19)18-28;18-17(19,20)24(21,22)23-15-3-1-14(2-4-15)16-8-11-5-12(9-16)7-13(6-11)10-16;14-12-7-3-10(4-8-12)9-1-5-11(6-2-9)13(15)16;/h1-12,19-21H,13-18H2;1-4,11-13H,5-10H2;1-8,15-16H;1H4. The molecule has 0 aliphatic heterocycles. The summed E-state index contributed by atoms with van der Waals surface area (Å²) in [5.74, 6) is 5.00. The summed E-state index contributed by atoms with van der Waals surface area (Å²) >= 11 is 11.8. The molecular weight excluding hydrogens is 947 g/mol. The number of hydrogen-bond acceptors (Lipinski definition) is 5. The first-order chi connectivity index (χ1) is 33.0. The monoisotopic (exact) mass is 1010 g/mol. The zero-order chi connectivity index (χ0) is 48.1. The highest BCUT2D eigenvalue weighted by atomic mass is 35.5. The molecule has 0 atom stereocenters. The van der Waals surface area contributed by atoms with Crippen molar-refractivity contribution in [1.82, 2.24) is 0 Å². The van der Waals surface area contributed by atoms with Crippen LogP contribution in [0.4, 0.5) is 13.2 Å². The van der Waals surface area contributed by atoms with Gasteiger partial charge in [-0.2, -0.15) is 21.6 Å². The zero-order valence-electron chi connectivity index (χ0n) is 38.3. The maximum Gasteiger partial charge on any atom is 0.534 e. The summed E-state index contributed by atoms with van der Waals surface area (Å²) in [5.41, 5.74) is 5.52. The number of benzene rings is 6. The van der Waals surface area contributed by atoms with Gasteiger partial charge >= 0.3 is 22.7 Å². The van der Waals surface area contributed by atoms with E-state index in [1.807, 2.05) is 48.5 Å². The van der Waals surface area contributed by atoms with Crippen LogP contribution >= 0.6 is 23.2 Å².